The molecule has 4 N–H and O–H groups in total. The number of fused-ring (bicyclic) bond motifs is 1. The molecule has 2 aromatic heterocycles. The van der Waals surface area contributed by atoms with E-state index in [4.69, 9.17) is 26.1 Å². The molecule has 2 aliphatic rings. The van der Waals surface area contributed by atoms with Crippen LogP contribution >= 0.6 is 11.6 Å². The van der Waals surface area contributed by atoms with Gasteiger partial charge in [-0.25, -0.2) is 4.98 Å². The van der Waals surface area contributed by atoms with Crippen LogP contribution in [0.3, 0.4) is 0 Å². The third-order valence-corrected chi connectivity index (χ3v) is 9.58. The molecule has 4 aromatic rings. The zero-order chi connectivity index (χ0) is 33.6. The molecule has 4 heterocycles. The lowest BCUT2D eigenvalue weighted by molar-refractivity contribution is -0.138. The second-order valence-electron chi connectivity index (χ2n) is 12.5. The predicted molar refractivity (Wildman–Crippen MR) is 188 cm³/mol. The molecule has 0 aliphatic carbocycles. The molecule has 2 saturated heterocycles. The molecule has 0 bridgehead atoms. The molecule has 2 aliphatic heterocycles. The summed E-state index contributed by atoms with van der Waals surface area (Å²) in [6, 6.07) is 13.6. The van der Waals surface area contributed by atoms with E-state index in [9.17, 15) is 14.7 Å². The number of hydrogen-bond acceptors (Lipinski definition) is 9. The van der Waals surface area contributed by atoms with Crippen LogP contribution in [-0.4, -0.2) is 115 Å². The third-order valence-electron chi connectivity index (χ3n) is 9.35. The number of carbonyl (C=O) groups is 1. The predicted octanol–water partition coefficient (Wildman–Crippen LogP) is 3.80. The maximum Gasteiger partial charge on any atom is 0.261 e. The lowest BCUT2D eigenvalue weighted by atomic mass is 10.0. The molecular formula is C35H44ClN7O5. The zero-order valence-electron chi connectivity index (χ0n) is 27.5. The van der Waals surface area contributed by atoms with Gasteiger partial charge in [0.25, 0.3) is 5.56 Å². The number of nitrogens with one attached hydrogen (secondary N) is 3. The van der Waals surface area contributed by atoms with Crippen LogP contribution in [0.2, 0.25) is 5.02 Å². The number of aromatic nitrogens is 3. The molecule has 48 heavy (non-hydrogen) atoms. The molecule has 0 unspecified atom stereocenters. The smallest absolute Gasteiger partial charge is 0.261 e. The van der Waals surface area contributed by atoms with Crippen LogP contribution in [-0.2, 0) is 14.3 Å². The van der Waals surface area contributed by atoms with E-state index in [1.54, 1.807) is 37.6 Å². The fourth-order valence-electron chi connectivity index (χ4n) is 6.69. The van der Waals surface area contributed by atoms with Crippen molar-refractivity contribution >= 4 is 39.9 Å². The standard InChI is InChI=1S/C35H44ClN7O5/c1-23-18-27(41-10-7-26(8-11-41)42-12-14-43(15-13-42)31(45)22-48-17-16-47-2)20-29-33(23)40-34(39-29)32-28(6-9-37-35(32)46)38-21-30(44)24-4-3-5-25(36)19-24/h3-6,9,18-20,26,30,44H,7-8,10-17,21-22H2,1-2H3,(H,39,40)(H2,37,38,46)/t30-/m1/s1. The maximum absolute atomic E-state index is 13.1. The second kappa shape index (κ2) is 15.5. The Labute approximate surface area is 285 Å². The molecule has 0 spiro atoms. The Kier molecular flexibility index (Phi) is 11.0. The first-order valence-electron chi connectivity index (χ1n) is 16.5. The van der Waals surface area contributed by atoms with Gasteiger partial charge in [-0.3, -0.25) is 14.5 Å². The number of H-pyrrole nitrogens is 2. The minimum Gasteiger partial charge on any atom is -0.387 e. The number of aromatic amines is 2. The summed E-state index contributed by atoms with van der Waals surface area (Å²) in [6.45, 7) is 8.35. The second-order valence-corrected chi connectivity index (χ2v) is 12.9. The molecule has 2 aromatic carbocycles. The number of ether oxygens (including phenoxy) is 2. The third kappa shape index (κ3) is 7.85. The van der Waals surface area contributed by atoms with Gasteiger partial charge in [-0.2, -0.15) is 0 Å². The van der Waals surface area contributed by atoms with Crippen molar-refractivity contribution in [2.75, 3.05) is 83.0 Å². The van der Waals surface area contributed by atoms with Crippen LogP contribution in [0.1, 0.15) is 30.1 Å². The number of pyridine rings is 1. The number of piperidine rings is 1. The van der Waals surface area contributed by atoms with Crippen LogP contribution in [0.4, 0.5) is 11.4 Å². The van der Waals surface area contributed by atoms with Gasteiger partial charge in [0.1, 0.15) is 18.0 Å². The number of imidazole rings is 1. The maximum atomic E-state index is 13.1. The quantitative estimate of drug-likeness (QED) is 0.165. The van der Waals surface area contributed by atoms with Crippen molar-refractivity contribution in [1.82, 2.24) is 24.8 Å². The SMILES string of the molecule is COCCOCC(=O)N1CCN(C2CCN(c3cc(C)c4nc(-c5c(NC[C@@H](O)c6cccc(Cl)c6)cc[nH]c5=O)[nH]c4c3)CC2)CC1. The minimum absolute atomic E-state index is 0.0465. The molecule has 1 atom stereocenters. The number of piperazine rings is 1. The van der Waals surface area contributed by atoms with Crippen LogP contribution in [0.5, 0.6) is 0 Å². The number of methoxy groups -OCH3 is 1. The Morgan fingerprint density at radius 1 is 1.10 bits per heavy atom. The first-order chi connectivity index (χ1) is 23.3. The van der Waals surface area contributed by atoms with Crippen molar-refractivity contribution in [2.24, 2.45) is 0 Å². The van der Waals surface area contributed by atoms with Gasteiger partial charge < -0.3 is 39.7 Å². The molecule has 1 amide bonds. The number of aryl methyl sites for hydroxylation is 1. The molecule has 2 fully saturated rings. The summed E-state index contributed by atoms with van der Waals surface area (Å²) >= 11 is 6.10. The van der Waals surface area contributed by atoms with Crippen molar-refractivity contribution < 1.29 is 19.4 Å². The minimum atomic E-state index is -0.814. The van der Waals surface area contributed by atoms with E-state index in [1.165, 1.54) is 0 Å². The molecule has 12 nitrogen and oxygen atoms in total. The summed E-state index contributed by atoms with van der Waals surface area (Å²) in [4.78, 5) is 43.4. The van der Waals surface area contributed by atoms with Crippen LogP contribution in [0.25, 0.3) is 22.4 Å². The Bertz CT molecular complexity index is 1760. The van der Waals surface area contributed by atoms with Gasteiger partial charge in [-0.05, 0) is 61.2 Å². The first kappa shape index (κ1) is 33.9. The number of nitrogens with zero attached hydrogens (tertiary/aromatic N) is 4. The van der Waals surface area contributed by atoms with Crippen molar-refractivity contribution in [2.45, 2.75) is 31.9 Å². The number of aliphatic hydroxyl groups is 1. The average Bonchev–Trinajstić information content (AvgIpc) is 3.53. The van der Waals surface area contributed by atoms with Crippen molar-refractivity contribution in [1.29, 1.82) is 0 Å². The number of anilines is 2. The number of hydrogen-bond donors (Lipinski definition) is 4. The highest BCUT2D eigenvalue weighted by Gasteiger charge is 2.29. The van der Waals surface area contributed by atoms with Crippen LogP contribution < -0.4 is 15.8 Å². The van der Waals surface area contributed by atoms with Gasteiger partial charge in [0.15, 0.2) is 0 Å². The van der Waals surface area contributed by atoms with Crippen LogP contribution in [0.15, 0.2) is 53.5 Å². The number of rotatable bonds is 12. The number of carbonyl (C=O) groups excluding carboxylic acids is 1. The fraction of sp³-hybridized carbons (Fsp3) is 0.457. The van der Waals surface area contributed by atoms with Crippen molar-refractivity contribution in [3.05, 3.63) is 75.2 Å². The van der Waals surface area contributed by atoms with E-state index in [1.807, 2.05) is 17.9 Å². The molecule has 0 radical (unpaired) electrons. The van der Waals surface area contributed by atoms with E-state index in [-0.39, 0.29) is 24.6 Å². The molecule has 13 heteroatoms. The van der Waals surface area contributed by atoms with Crippen molar-refractivity contribution in [3.63, 3.8) is 0 Å². The molecule has 0 saturated carbocycles. The van der Waals surface area contributed by atoms with Crippen molar-refractivity contribution in [3.8, 4) is 11.4 Å². The molecule has 256 valence electrons. The summed E-state index contributed by atoms with van der Waals surface area (Å²) in [5.74, 6) is 0.509. The lowest BCUT2D eigenvalue weighted by Gasteiger charge is -2.43. The average molecular weight is 678 g/mol. The summed E-state index contributed by atoms with van der Waals surface area (Å²) in [6.07, 6.45) is 2.87. The number of benzene rings is 2. The van der Waals surface area contributed by atoms with Gasteiger partial charge in [0.05, 0.1) is 36.0 Å². The van der Waals surface area contributed by atoms with Gasteiger partial charge in [0, 0.05) is 75.9 Å². The van der Waals surface area contributed by atoms with Gasteiger partial charge >= 0.3 is 0 Å². The van der Waals surface area contributed by atoms with Gasteiger partial charge in [-0.1, -0.05) is 23.7 Å². The van der Waals surface area contributed by atoms with Crippen LogP contribution in [0, 0.1) is 6.92 Å². The Morgan fingerprint density at radius 2 is 1.90 bits per heavy atom. The normalized spacial score (nSPS) is 16.8. The van der Waals surface area contributed by atoms with E-state index in [0.29, 0.717) is 46.9 Å². The largest absolute Gasteiger partial charge is 0.387 e. The van der Waals surface area contributed by atoms with E-state index >= 15 is 0 Å². The van der Waals surface area contributed by atoms with E-state index < -0.39 is 6.10 Å². The Morgan fingerprint density at radius 3 is 2.65 bits per heavy atom. The fourth-order valence-corrected chi connectivity index (χ4v) is 6.89. The Balaban J connectivity index is 1.08. The first-order valence-corrected chi connectivity index (χ1v) is 16.9. The summed E-state index contributed by atoms with van der Waals surface area (Å²) in [5.41, 5.74) is 5.19. The number of halogens is 1. The van der Waals surface area contributed by atoms with Gasteiger partial charge in [-0.15, -0.1) is 0 Å². The summed E-state index contributed by atoms with van der Waals surface area (Å²) in [7, 11) is 1.62. The zero-order valence-corrected chi connectivity index (χ0v) is 28.3. The van der Waals surface area contributed by atoms with E-state index in [2.05, 4.69) is 37.2 Å². The topological polar surface area (TPSA) is 139 Å². The number of aliphatic hydroxyl groups excluding tert-OH is 1. The lowest BCUT2D eigenvalue weighted by Crippen LogP contribution is -2.54. The molecular weight excluding hydrogens is 634 g/mol. The number of amides is 1. The molecule has 6 rings (SSSR count). The summed E-state index contributed by atoms with van der Waals surface area (Å²) in [5, 5.41) is 14.5. The monoisotopic (exact) mass is 677 g/mol. The highest BCUT2D eigenvalue weighted by Crippen LogP contribution is 2.31. The Hall–Kier alpha value is -3.94. The highest BCUT2D eigenvalue weighted by atomic mass is 35.5. The van der Waals surface area contributed by atoms with E-state index in [0.717, 1.165) is 74.4 Å². The van der Waals surface area contributed by atoms with Gasteiger partial charge in [0.2, 0.25) is 5.91 Å². The summed E-state index contributed by atoms with van der Waals surface area (Å²) < 4.78 is 10.4. The highest BCUT2D eigenvalue weighted by molar-refractivity contribution is 6.30.